The lowest BCUT2D eigenvalue weighted by atomic mass is 9.89. The third-order valence-electron chi connectivity index (χ3n) is 2.30. The molecule has 0 saturated heterocycles. The number of methoxy groups -OCH3 is 1. The van der Waals surface area contributed by atoms with Crippen molar-refractivity contribution in [2.75, 3.05) is 7.11 Å². The molecule has 0 aromatic rings. The first-order valence-corrected chi connectivity index (χ1v) is 5.25. The number of alkyl halides is 1. The Hall–Kier alpha value is -0.0900. The minimum absolute atomic E-state index is 0.0482. The Kier molecular flexibility index (Phi) is 3.35. The molecule has 0 unspecified atom stereocenters. The fourth-order valence-corrected chi connectivity index (χ4v) is 1.35. The van der Waals surface area contributed by atoms with Crippen molar-refractivity contribution < 1.29 is 9.53 Å². The van der Waals surface area contributed by atoms with Crippen LogP contribution >= 0.6 is 15.9 Å². The molecule has 0 bridgehead atoms. The van der Waals surface area contributed by atoms with Gasteiger partial charge in [0, 0.05) is 13.2 Å². The van der Waals surface area contributed by atoms with Crippen LogP contribution in [0.3, 0.4) is 0 Å². The maximum Gasteiger partial charge on any atom is 0.236 e. The number of rotatable bonds is 3. The molecule has 0 spiro atoms. The van der Waals surface area contributed by atoms with Crippen molar-refractivity contribution in [3.05, 3.63) is 0 Å². The van der Waals surface area contributed by atoms with Crippen molar-refractivity contribution >= 4 is 21.8 Å². The van der Waals surface area contributed by atoms with Crippen LogP contribution in [0.15, 0.2) is 0 Å². The van der Waals surface area contributed by atoms with Crippen LogP contribution in [0.5, 0.6) is 0 Å². The highest BCUT2D eigenvalue weighted by atomic mass is 79.9. The first-order chi connectivity index (χ1) is 5.93. The van der Waals surface area contributed by atoms with E-state index in [9.17, 15) is 4.79 Å². The molecule has 13 heavy (non-hydrogen) atoms. The van der Waals surface area contributed by atoms with Crippen molar-refractivity contribution in [2.24, 2.45) is 0 Å². The number of ether oxygens (including phenoxy) is 1. The predicted octanol–water partition coefficient (Wildman–Crippen LogP) is 1.45. The quantitative estimate of drug-likeness (QED) is 0.770. The van der Waals surface area contributed by atoms with Crippen molar-refractivity contribution in [3.8, 4) is 0 Å². The topological polar surface area (TPSA) is 38.3 Å². The number of hydrogen-bond acceptors (Lipinski definition) is 2. The summed E-state index contributed by atoms with van der Waals surface area (Å²) in [6.07, 6.45) is 2.21. The van der Waals surface area contributed by atoms with Gasteiger partial charge in [0.2, 0.25) is 5.91 Å². The molecule has 0 radical (unpaired) electrons. The van der Waals surface area contributed by atoms with Gasteiger partial charge in [-0.25, -0.2) is 0 Å². The van der Waals surface area contributed by atoms with E-state index in [4.69, 9.17) is 4.74 Å². The summed E-state index contributed by atoms with van der Waals surface area (Å²) in [6.45, 7) is 3.68. The van der Waals surface area contributed by atoms with E-state index in [0.717, 1.165) is 12.8 Å². The maximum atomic E-state index is 11.5. The molecule has 0 aromatic carbocycles. The summed E-state index contributed by atoms with van der Waals surface area (Å²) in [7, 11) is 1.71. The monoisotopic (exact) mass is 249 g/mol. The first-order valence-electron chi connectivity index (χ1n) is 4.46. The predicted molar refractivity (Wildman–Crippen MR) is 55.0 cm³/mol. The lowest BCUT2D eigenvalue weighted by Gasteiger charge is -2.35. The van der Waals surface area contributed by atoms with Gasteiger partial charge < -0.3 is 10.1 Å². The van der Waals surface area contributed by atoms with Crippen LogP contribution in [0.4, 0.5) is 0 Å². The normalized spacial score (nSPS) is 28.0. The summed E-state index contributed by atoms with van der Waals surface area (Å²) in [5.41, 5.74) is 0. The summed E-state index contributed by atoms with van der Waals surface area (Å²) in [5, 5.41) is 2.95. The van der Waals surface area contributed by atoms with E-state index < -0.39 is 4.32 Å². The van der Waals surface area contributed by atoms with E-state index >= 15 is 0 Å². The Morgan fingerprint density at radius 3 is 2.46 bits per heavy atom. The average molecular weight is 250 g/mol. The van der Waals surface area contributed by atoms with Crippen LogP contribution in [-0.4, -0.2) is 29.5 Å². The van der Waals surface area contributed by atoms with E-state index in [1.807, 2.05) is 13.8 Å². The molecule has 1 amide bonds. The number of halogens is 1. The Morgan fingerprint density at radius 1 is 1.54 bits per heavy atom. The summed E-state index contributed by atoms with van der Waals surface area (Å²) in [6, 6.07) is 0.300. The Balaban J connectivity index is 2.25. The standard InChI is InChI=1S/C9H16BrNO2/c1-9(2,10)8(12)11-6-4-7(5-6)13-3/h6-7H,4-5H2,1-3H3,(H,11,12). The van der Waals surface area contributed by atoms with Gasteiger partial charge in [0.05, 0.1) is 10.4 Å². The van der Waals surface area contributed by atoms with Gasteiger partial charge in [0.15, 0.2) is 0 Å². The highest BCUT2D eigenvalue weighted by Gasteiger charge is 2.33. The van der Waals surface area contributed by atoms with Gasteiger partial charge >= 0.3 is 0 Å². The van der Waals surface area contributed by atoms with Crippen LogP contribution in [0.1, 0.15) is 26.7 Å². The maximum absolute atomic E-state index is 11.5. The molecule has 1 aliphatic carbocycles. The number of carbonyl (C=O) groups is 1. The largest absolute Gasteiger partial charge is 0.381 e. The van der Waals surface area contributed by atoms with Crippen LogP contribution in [0.2, 0.25) is 0 Å². The van der Waals surface area contributed by atoms with Gasteiger partial charge in [-0.2, -0.15) is 0 Å². The first kappa shape index (κ1) is 11.0. The Bertz CT molecular complexity index is 194. The average Bonchev–Trinajstić information content (AvgIpc) is 1.93. The lowest BCUT2D eigenvalue weighted by Crippen LogP contribution is -2.51. The molecule has 1 fully saturated rings. The molecule has 0 atom stereocenters. The molecular formula is C9H16BrNO2. The number of hydrogen-bond donors (Lipinski definition) is 1. The minimum Gasteiger partial charge on any atom is -0.381 e. The fourth-order valence-electron chi connectivity index (χ4n) is 1.23. The van der Waals surface area contributed by atoms with E-state index in [1.165, 1.54) is 0 Å². The summed E-state index contributed by atoms with van der Waals surface area (Å²) < 4.78 is 4.65. The van der Waals surface area contributed by atoms with Gasteiger partial charge in [-0.05, 0) is 26.7 Å². The van der Waals surface area contributed by atoms with Crippen LogP contribution < -0.4 is 5.32 Å². The summed E-state index contributed by atoms with van der Waals surface area (Å²) >= 11 is 3.31. The summed E-state index contributed by atoms with van der Waals surface area (Å²) in [4.78, 5) is 11.5. The molecule has 0 heterocycles. The zero-order valence-electron chi connectivity index (χ0n) is 8.26. The van der Waals surface area contributed by atoms with Crippen LogP contribution in [0, 0.1) is 0 Å². The van der Waals surface area contributed by atoms with Crippen molar-refractivity contribution in [1.29, 1.82) is 0 Å². The minimum atomic E-state index is -0.467. The zero-order chi connectivity index (χ0) is 10.1. The highest BCUT2D eigenvalue weighted by molar-refractivity contribution is 9.10. The Morgan fingerprint density at radius 2 is 2.08 bits per heavy atom. The number of carbonyl (C=O) groups excluding carboxylic acids is 1. The smallest absolute Gasteiger partial charge is 0.236 e. The van der Waals surface area contributed by atoms with E-state index in [2.05, 4.69) is 21.2 Å². The van der Waals surface area contributed by atoms with Crippen LogP contribution in [0.25, 0.3) is 0 Å². The third-order valence-corrected chi connectivity index (χ3v) is 2.66. The number of amides is 1. The molecule has 1 aliphatic rings. The molecule has 1 saturated carbocycles. The molecular weight excluding hydrogens is 234 g/mol. The SMILES string of the molecule is COC1CC(NC(=O)C(C)(C)Br)C1. The van der Waals surface area contributed by atoms with E-state index in [-0.39, 0.29) is 5.91 Å². The van der Waals surface area contributed by atoms with Crippen molar-refractivity contribution in [2.45, 2.75) is 43.2 Å². The number of nitrogens with one attached hydrogen (secondary N) is 1. The highest BCUT2D eigenvalue weighted by Crippen LogP contribution is 2.24. The van der Waals surface area contributed by atoms with Crippen LogP contribution in [-0.2, 0) is 9.53 Å². The second kappa shape index (κ2) is 3.96. The second-order valence-electron chi connectivity index (χ2n) is 3.97. The molecule has 76 valence electrons. The Labute approximate surface area is 87.3 Å². The van der Waals surface area contributed by atoms with Gasteiger partial charge in [0.1, 0.15) is 0 Å². The lowest BCUT2D eigenvalue weighted by molar-refractivity contribution is -0.124. The third kappa shape index (κ3) is 2.95. The van der Waals surface area contributed by atoms with Gasteiger partial charge in [-0.15, -0.1) is 0 Å². The van der Waals surface area contributed by atoms with Crippen molar-refractivity contribution in [1.82, 2.24) is 5.32 Å². The van der Waals surface area contributed by atoms with Gasteiger partial charge in [-0.3, -0.25) is 4.79 Å². The van der Waals surface area contributed by atoms with E-state index in [0.29, 0.717) is 12.1 Å². The molecule has 4 heteroatoms. The fraction of sp³-hybridized carbons (Fsp3) is 0.889. The van der Waals surface area contributed by atoms with E-state index in [1.54, 1.807) is 7.11 Å². The van der Waals surface area contributed by atoms with Gasteiger partial charge in [0.25, 0.3) is 0 Å². The molecule has 3 nitrogen and oxygen atoms in total. The van der Waals surface area contributed by atoms with Gasteiger partial charge in [-0.1, -0.05) is 15.9 Å². The molecule has 0 aliphatic heterocycles. The summed E-state index contributed by atoms with van der Waals surface area (Å²) in [5.74, 6) is 0.0482. The molecule has 1 N–H and O–H groups in total. The molecule has 1 rings (SSSR count). The zero-order valence-corrected chi connectivity index (χ0v) is 9.85. The second-order valence-corrected chi connectivity index (χ2v) is 5.95. The molecule has 0 aromatic heterocycles. The van der Waals surface area contributed by atoms with Crippen molar-refractivity contribution in [3.63, 3.8) is 0 Å².